The molecule has 2 rings (SSSR count). The van der Waals surface area contributed by atoms with E-state index >= 15 is 0 Å². The van der Waals surface area contributed by atoms with Crippen molar-refractivity contribution in [2.45, 2.75) is 19.4 Å². The third kappa shape index (κ3) is 1.90. The second-order valence-corrected chi connectivity index (χ2v) is 5.58. The number of rotatable bonds is 2. The van der Waals surface area contributed by atoms with Crippen LogP contribution < -0.4 is 0 Å². The second kappa shape index (κ2) is 5.36. The third-order valence-electron chi connectivity index (χ3n) is 3.54. The number of methoxy groups -OCH3 is 2. The molecule has 0 N–H and O–H groups in total. The predicted molar refractivity (Wildman–Crippen MR) is 74.3 cm³/mol. The van der Waals surface area contributed by atoms with E-state index < -0.39 is 23.6 Å². The molecule has 0 aliphatic carbocycles. The highest BCUT2D eigenvalue weighted by Gasteiger charge is 2.68. The number of carbonyl (C=O) groups excluding carboxylic acids is 3. The van der Waals surface area contributed by atoms with Crippen molar-refractivity contribution in [3.8, 4) is 0 Å². The molecular formula is C13H16N2O5S. The summed E-state index contributed by atoms with van der Waals surface area (Å²) >= 11 is 1.41. The fraction of sp³-hybridized carbons (Fsp3) is 0.462. The molecule has 0 bridgehead atoms. The van der Waals surface area contributed by atoms with E-state index in [1.807, 2.05) is 5.38 Å². The highest BCUT2D eigenvalue weighted by Crippen LogP contribution is 2.47. The van der Waals surface area contributed by atoms with Crippen molar-refractivity contribution in [3.05, 3.63) is 22.4 Å². The van der Waals surface area contributed by atoms with Crippen LogP contribution in [0.1, 0.15) is 19.4 Å². The van der Waals surface area contributed by atoms with E-state index in [4.69, 9.17) is 4.74 Å². The first-order chi connectivity index (χ1) is 9.92. The van der Waals surface area contributed by atoms with Gasteiger partial charge in [0.25, 0.3) is 5.91 Å². The average molecular weight is 312 g/mol. The van der Waals surface area contributed by atoms with E-state index in [-0.39, 0.29) is 5.92 Å². The minimum absolute atomic E-state index is 0.250. The molecule has 2 heterocycles. The first-order valence-electron chi connectivity index (χ1n) is 6.26. The largest absolute Gasteiger partial charge is 0.451 e. The molecule has 1 atom stereocenters. The Hall–Kier alpha value is -2.09. The van der Waals surface area contributed by atoms with Crippen LogP contribution in [0.15, 0.2) is 16.8 Å². The Kier molecular flexibility index (Phi) is 3.91. The number of carbonyl (C=O) groups is 3. The van der Waals surface area contributed by atoms with Crippen LogP contribution in [0.2, 0.25) is 0 Å². The fourth-order valence-corrected chi connectivity index (χ4v) is 3.28. The summed E-state index contributed by atoms with van der Waals surface area (Å²) < 4.78 is 9.28. The lowest BCUT2D eigenvalue weighted by Crippen LogP contribution is -2.79. The van der Waals surface area contributed by atoms with E-state index in [0.717, 1.165) is 12.1 Å². The van der Waals surface area contributed by atoms with E-state index in [1.165, 1.54) is 18.4 Å². The van der Waals surface area contributed by atoms with Gasteiger partial charge in [0, 0.05) is 5.56 Å². The zero-order chi connectivity index (χ0) is 15.8. The molecule has 0 unspecified atom stereocenters. The van der Waals surface area contributed by atoms with E-state index in [1.54, 1.807) is 25.3 Å². The molecule has 1 fully saturated rings. The molecular weight excluding hydrogens is 296 g/mol. The number of hydrazine groups is 1. The Balaban J connectivity index is 2.56. The minimum atomic E-state index is -1.25. The summed E-state index contributed by atoms with van der Waals surface area (Å²) in [4.78, 5) is 36.5. The third-order valence-corrected chi connectivity index (χ3v) is 4.23. The summed E-state index contributed by atoms with van der Waals surface area (Å²) in [5.41, 5.74) is -0.598. The number of hydrogen-bond acceptors (Lipinski definition) is 6. The Morgan fingerprint density at radius 2 is 1.86 bits per heavy atom. The van der Waals surface area contributed by atoms with Gasteiger partial charge in [0.15, 0.2) is 5.54 Å². The SMILES string of the molecule is COC(=O)N1C(=O)[C@](c2ccsc2)(C(C)C)N1C(=O)OC. The van der Waals surface area contributed by atoms with Crippen LogP contribution in [-0.4, -0.2) is 42.3 Å². The van der Waals surface area contributed by atoms with Crippen LogP contribution in [-0.2, 0) is 19.8 Å². The maximum atomic E-state index is 12.6. The summed E-state index contributed by atoms with van der Waals surface area (Å²) in [5.74, 6) is -0.757. The number of thiophene rings is 1. The molecule has 1 aliphatic heterocycles. The number of hydrogen-bond donors (Lipinski definition) is 0. The quantitative estimate of drug-likeness (QED) is 0.836. The molecule has 0 radical (unpaired) electrons. The second-order valence-electron chi connectivity index (χ2n) is 4.80. The van der Waals surface area contributed by atoms with Crippen molar-refractivity contribution in [2.75, 3.05) is 14.2 Å². The van der Waals surface area contributed by atoms with Crippen molar-refractivity contribution in [2.24, 2.45) is 5.92 Å². The fourth-order valence-electron chi connectivity index (χ4n) is 2.57. The summed E-state index contributed by atoms with van der Waals surface area (Å²) in [6.07, 6.45) is -1.71. The molecule has 0 saturated carbocycles. The van der Waals surface area contributed by atoms with E-state index in [9.17, 15) is 14.4 Å². The molecule has 7 nitrogen and oxygen atoms in total. The molecule has 0 aromatic carbocycles. The van der Waals surface area contributed by atoms with Crippen molar-refractivity contribution < 1.29 is 23.9 Å². The highest BCUT2D eigenvalue weighted by molar-refractivity contribution is 7.08. The van der Waals surface area contributed by atoms with Crippen LogP contribution in [0.4, 0.5) is 9.59 Å². The van der Waals surface area contributed by atoms with Gasteiger partial charge in [-0.15, -0.1) is 5.01 Å². The summed E-state index contributed by atoms with van der Waals surface area (Å²) in [6, 6.07) is 1.76. The van der Waals surface area contributed by atoms with E-state index in [2.05, 4.69) is 4.74 Å². The summed E-state index contributed by atoms with van der Waals surface area (Å²) in [5, 5.41) is 5.28. The van der Waals surface area contributed by atoms with Gasteiger partial charge in [0.05, 0.1) is 14.2 Å². The number of ether oxygens (including phenoxy) is 2. The molecule has 1 aliphatic rings. The molecule has 21 heavy (non-hydrogen) atoms. The van der Waals surface area contributed by atoms with Crippen molar-refractivity contribution >= 4 is 29.4 Å². The van der Waals surface area contributed by atoms with Gasteiger partial charge in [0.2, 0.25) is 0 Å². The van der Waals surface area contributed by atoms with Gasteiger partial charge in [0.1, 0.15) is 0 Å². The molecule has 3 amide bonds. The van der Waals surface area contributed by atoms with Crippen LogP contribution in [0, 0.1) is 5.92 Å². The zero-order valence-corrected chi connectivity index (χ0v) is 13.0. The predicted octanol–water partition coefficient (Wildman–Crippen LogP) is 2.19. The van der Waals surface area contributed by atoms with Crippen LogP contribution in [0.3, 0.4) is 0 Å². The van der Waals surface area contributed by atoms with Gasteiger partial charge in [-0.2, -0.15) is 16.3 Å². The van der Waals surface area contributed by atoms with Gasteiger partial charge in [-0.25, -0.2) is 9.59 Å². The maximum absolute atomic E-state index is 12.6. The van der Waals surface area contributed by atoms with Gasteiger partial charge in [-0.3, -0.25) is 4.79 Å². The first-order valence-corrected chi connectivity index (χ1v) is 7.20. The lowest BCUT2D eigenvalue weighted by Gasteiger charge is -2.56. The Labute approximate surface area is 126 Å². The molecule has 1 saturated heterocycles. The van der Waals surface area contributed by atoms with Crippen LogP contribution >= 0.6 is 11.3 Å². The number of imide groups is 1. The molecule has 8 heteroatoms. The van der Waals surface area contributed by atoms with Gasteiger partial charge < -0.3 is 9.47 Å². The van der Waals surface area contributed by atoms with Gasteiger partial charge >= 0.3 is 12.2 Å². The van der Waals surface area contributed by atoms with Crippen molar-refractivity contribution in [3.63, 3.8) is 0 Å². The van der Waals surface area contributed by atoms with Gasteiger partial charge in [-0.1, -0.05) is 13.8 Å². The average Bonchev–Trinajstić information content (AvgIpc) is 2.97. The van der Waals surface area contributed by atoms with E-state index in [0.29, 0.717) is 10.6 Å². The monoisotopic (exact) mass is 312 g/mol. The van der Waals surface area contributed by atoms with Crippen LogP contribution in [0.25, 0.3) is 0 Å². The Morgan fingerprint density at radius 3 is 2.29 bits per heavy atom. The zero-order valence-electron chi connectivity index (χ0n) is 12.2. The lowest BCUT2D eigenvalue weighted by molar-refractivity contribution is -0.209. The molecule has 0 spiro atoms. The minimum Gasteiger partial charge on any atom is -0.451 e. The highest BCUT2D eigenvalue weighted by atomic mass is 32.1. The Bertz CT molecular complexity index is 571. The standard InChI is InChI=1S/C13H16N2O5S/c1-8(2)13(9-5-6-21-7-9)10(16)14(11(17)19-3)15(13)12(18)20-4/h5-8H,1-4H3/t13-/m1/s1. The first kappa shape index (κ1) is 15.3. The molecule has 1 aromatic heterocycles. The summed E-state index contributed by atoms with van der Waals surface area (Å²) in [7, 11) is 2.34. The molecule has 114 valence electrons. The molecule has 1 aromatic rings. The lowest BCUT2D eigenvalue weighted by atomic mass is 9.76. The summed E-state index contributed by atoms with van der Waals surface area (Å²) in [6.45, 7) is 3.61. The van der Waals surface area contributed by atoms with Gasteiger partial charge in [-0.05, 0) is 22.7 Å². The normalized spacial score (nSPS) is 21.3. The maximum Gasteiger partial charge on any atom is 0.436 e. The topological polar surface area (TPSA) is 76.2 Å². The Morgan fingerprint density at radius 1 is 1.24 bits per heavy atom. The van der Waals surface area contributed by atoms with Crippen molar-refractivity contribution in [1.29, 1.82) is 0 Å². The smallest absolute Gasteiger partial charge is 0.436 e. The number of amides is 3. The number of nitrogens with zero attached hydrogens (tertiary/aromatic N) is 2. The van der Waals surface area contributed by atoms with Crippen LogP contribution in [0.5, 0.6) is 0 Å². The van der Waals surface area contributed by atoms with Crippen molar-refractivity contribution in [1.82, 2.24) is 10.0 Å².